The number of fused-ring (bicyclic) bond motifs is 3. The van der Waals surface area contributed by atoms with E-state index < -0.39 is 11.2 Å². The molecule has 0 fully saturated rings. The van der Waals surface area contributed by atoms with E-state index in [1.165, 1.54) is 16.9 Å². The van der Waals surface area contributed by atoms with Crippen LogP contribution in [0.5, 0.6) is 0 Å². The summed E-state index contributed by atoms with van der Waals surface area (Å²) in [5.41, 5.74) is 1.90. The van der Waals surface area contributed by atoms with Crippen LogP contribution in [0, 0.1) is 0 Å². The van der Waals surface area contributed by atoms with Crippen LogP contribution in [-0.2, 0) is 24.0 Å². The molecule has 3 rings (SSSR count). The van der Waals surface area contributed by atoms with E-state index >= 15 is 0 Å². The summed E-state index contributed by atoms with van der Waals surface area (Å²) in [5, 5.41) is 0.781. The molecule has 0 aromatic carbocycles. The van der Waals surface area contributed by atoms with E-state index in [-0.39, 0.29) is 5.91 Å². The zero-order valence-electron chi connectivity index (χ0n) is 7.96. The smallest absolute Gasteiger partial charge is 0.267 e. The Morgan fingerprint density at radius 1 is 1.20 bits per heavy atom. The van der Waals surface area contributed by atoms with Gasteiger partial charge >= 0.3 is 0 Å². The third-order valence-corrected chi connectivity index (χ3v) is 4.87. The molecular weight excluding hydrogens is 232 g/mol. The topological polar surface area (TPSA) is 58.2 Å². The number of aryl methyl sites for hydroxylation is 1. The zero-order valence-corrected chi connectivity index (χ0v) is 9.59. The fourth-order valence-corrected chi connectivity index (χ4v) is 4.25. The van der Waals surface area contributed by atoms with Gasteiger partial charge in [0.25, 0.3) is 5.91 Å². The first-order chi connectivity index (χ1) is 7.25. The van der Waals surface area contributed by atoms with Crippen molar-refractivity contribution in [1.29, 1.82) is 0 Å². The minimum Gasteiger partial charge on any atom is -0.278 e. The molecule has 4 nitrogen and oxygen atoms in total. The Morgan fingerprint density at radius 3 is 2.87 bits per heavy atom. The third kappa shape index (κ3) is 1.39. The summed E-state index contributed by atoms with van der Waals surface area (Å²) in [6.45, 7) is 0. The third-order valence-electron chi connectivity index (χ3n) is 2.77. The Morgan fingerprint density at radius 2 is 2.00 bits per heavy atom. The standard InChI is InChI=1S/C9H10N2O2S2/c12-8-7-5-3-1-2-4-6(5)14-9(7)11-15(13)10-8/h11H,1-4H2,(H,10,12)/t15-/m1/s1. The summed E-state index contributed by atoms with van der Waals surface area (Å²) >= 11 is 0.131. The molecule has 1 aromatic rings. The summed E-state index contributed by atoms with van der Waals surface area (Å²) in [4.78, 5) is 13.0. The Balaban J connectivity index is 2.16. The number of hydrogen-bond donors (Lipinski definition) is 2. The van der Waals surface area contributed by atoms with Gasteiger partial charge in [0, 0.05) is 4.88 Å². The molecule has 2 heterocycles. The van der Waals surface area contributed by atoms with Gasteiger partial charge in [-0.1, -0.05) is 0 Å². The van der Waals surface area contributed by atoms with E-state index in [1.54, 1.807) is 11.3 Å². The first kappa shape index (κ1) is 9.35. The van der Waals surface area contributed by atoms with Crippen molar-refractivity contribution in [3.63, 3.8) is 0 Å². The molecular formula is C9H10N2O2S2. The summed E-state index contributed by atoms with van der Waals surface area (Å²) in [6, 6.07) is 0. The lowest BCUT2D eigenvalue weighted by molar-refractivity contribution is 0.0982. The number of amides is 1. The predicted molar refractivity (Wildman–Crippen MR) is 60.2 cm³/mol. The maximum atomic E-state index is 11.7. The molecule has 1 amide bonds. The number of hydrogen-bond acceptors (Lipinski definition) is 3. The highest BCUT2D eigenvalue weighted by Gasteiger charge is 2.29. The highest BCUT2D eigenvalue weighted by Crippen LogP contribution is 2.39. The summed E-state index contributed by atoms with van der Waals surface area (Å²) in [6.07, 6.45) is 4.36. The average molecular weight is 242 g/mol. The SMILES string of the molecule is O=C1N[S@@](=O)Nc2sc3c(c21)CCCC3. The van der Waals surface area contributed by atoms with Gasteiger partial charge in [0.1, 0.15) is 5.00 Å². The second-order valence-corrected chi connectivity index (χ2v) is 5.77. The van der Waals surface area contributed by atoms with E-state index in [4.69, 9.17) is 0 Å². The number of nitrogens with one attached hydrogen (secondary N) is 2. The minimum absolute atomic E-state index is 0.193. The lowest BCUT2D eigenvalue weighted by Gasteiger charge is -2.15. The molecule has 0 saturated carbocycles. The van der Waals surface area contributed by atoms with Crippen LogP contribution in [-0.4, -0.2) is 10.1 Å². The summed E-state index contributed by atoms with van der Waals surface area (Å²) < 4.78 is 16.4. The largest absolute Gasteiger partial charge is 0.278 e. The molecule has 1 aliphatic carbocycles. The Kier molecular flexibility index (Phi) is 2.07. The molecule has 1 aliphatic heterocycles. The van der Waals surface area contributed by atoms with Gasteiger partial charge in [-0.3, -0.25) is 14.2 Å². The van der Waals surface area contributed by atoms with Gasteiger partial charge in [0.15, 0.2) is 0 Å². The highest BCUT2D eigenvalue weighted by molar-refractivity contribution is 7.85. The molecule has 1 aromatic heterocycles. The van der Waals surface area contributed by atoms with Crippen LogP contribution in [0.25, 0.3) is 0 Å². The number of thiophene rings is 1. The zero-order chi connectivity index (χ0) is 10.4. The van der Waals surface area contributed by atoms with Gasteiger partial charge in [0.05, 0.1) is 5.56 Å². The van der Waals surface area contributed by atoms with Crippen molar-refractivity contribution in [3.05, 3.63) is 16.0 Å². The second kappa shape index (κ2) is 3.31. The van der Waals surface area contributed by atoms with Gasteiger partial charge in [-0.2, -0.15) is 0 Å². The predicted octanol–water partition coefficient (Wildman–Crippen LogP) is 1.36. The molecule has 2 N–H and O–H groups in total. The molecule has 15 heavy (non-hydrogen) atoms. The number of carbonyl (C=O) groups excluding carboxylic acids is 1. The molecule has 2 aliphatic rings. The van der Waals surface area contributed by atoms with E-state index in [0.29, 0.717) is 0 Å². The monoisotopic (exact) mass is 242 g/mol. The van der Waals surface area contributed by atoms with Crippen molar-refractivity contribution in [2.75, 3.05) is 4.72 Å². The first-order valence-corrected chi connectivity index (χ1v) is 6.86. The van der Waals surface area contributed by atoms with E-state index in [0.717, 1.165) is 29.8 Å². The fourth-order valence-electron chi connectivity index (χ4n) is 2.12. The molecule has 0 radical (unpaired) electrons. The molecule has 0 unspecified atom stereocenters. The van der Waals surface area contributed by atoms with Gasteiger partial charge in [-0.25, -0.2) is 4.21 Å². The average Bonchev–Trinajstić information content (AvgIpc) is 2.54. The Bertz CT molecular complexity index is 467. The maximum absolute atomic E-state index is 11.7. The normalized spacial score (nSPS) is 23.7. The first-order valence-electron chi connectivity index (χ1n) is 4.89. The molecule has 1 atom stereocenters. The van der Waals surface area contributed by atoms with Crippen LogP contribution in [0.2, 0.25) is 0 Å². The van der Waals surface area contributed by atoms with Crippen LogP contribution < -0.4 is 9.44 Å². The van der Waals surface area contributed by atoms with Crippen LogP contribution >= 0.6 is 11.3 Å². The van der Waals surface area contributed by atoms with Crippen LogP contribution in [0.3, 0.4) is 0 Å². The summed E-state index contributed by atoms with van der Waals surface area (Å²) in [7, 11) is 0. The van der Waals surface area contributed by atoms with Gasteiger partial charge in [0.2, 0.25) is 11.2 Å². The molecule has 80 valence electrons. The van der Waals surface area contributed by atoms with E-state index in [2.05, 4.69) is 9.44 Å². The highest BCUT2D eigenvalue weighted by atomic mass is 32.2. The second-order valence-electron chi connectivity index (χ2n) is 3.72. The van der Waals surface area contributed by atoms with Crippen molar-refractivity contribution in [3.8, 4) is 0 Å². The lowest BCUT2D eigenvalue weighted by atomic mass is 9.95. The Labute approximate surface area is 93.8 Å². The van der Waals surface area contributed by atoms with Crippen LogP contribution in [0.15, 0.2) is 0 Å². The van der Waals surface area contributed by atoms with Crippen LogP contribution in [0.1, 0.15) is 33.6 Å². The van der Waals surface area contributed by atoms with Gasteiger partial charge < -0.3 is 0 Å². The van der Waals surface area contributed by atoms with E-state index in [1.807, 2.05) is 0 Å². The molecule has 0 spiro atoms. The molecule has 0 saturated heterocycles. The Hall–Kier alpha value is -0.880. The van der Waals surface area contributed by atoms with Gasteiger partial charge in [-0.15, -0.1) is 11.3 Å². The fraction of sp³-hybridized carbons (Fsp3) is 0.444. The van der Waals surface area contributed by atoms with Crippen molar-refractivity contribution >= 4 is 33.4 Å². The lowest BCUT2D eigenvalue weighted by Crippen LogP contribution is -2.35. The van der Waals surface area contributed by atoms with Crippen LogP contribution in [0.4, 0.5) is 5.00 Å². The molecule has 0 bridgehead atoms. The van der Waals surface area contributed by atoms with Crippen molar-refractivity contribution in [2.24, 2.45) is 0 Å². The van der Waals surface area contributed by atoms with Gasteiger partial charge in [-0.05, 0) is 31.2 Å². The quantitative estimate of drug-likeness (QED) is 0.721. The number of anilines is 1. The summed E-state index contributed by atoms with van der Waals surface area (Å²) in [5.74, 6) is -0.193. The maximum Gasteiger partial charge on any atom is 0.267 e. The number of rotatable bonds is 0. The van der Waals surface area contributed by atoms with Crippen molar-refractivity contribution < 1.29 is 9.00 Å². The van der Waals surface area contributed by atoms with Crippen molar-refractivity contribution in [1.82, 2.24) is 4.72 Å². The molecule has 6 heteroatoms. The number of carbonyl (C=O) groups is 1. The minimum atomic E-state index is -1.45. The van der Waals surface area contributed by atoms with E-state index in [9.17, 15) is 9.00 Å². The van der Waals surface area contributed by atoms with Crippen molar-refractivity contribution in [2.45, 2.75) is 25.7 Å².